The molecule has 2 atom stereocenters. The minimum absolute atomic E-state index is 0.110. The van der Waals surface area contributed by atoms with Gasteiger partial charge in [0.25, 0.3) is 0 Å². The standard InChI is InChI=1S/C36H38N2O6/c1-23(39)34(38-36(41)44-22-31-29-16-6-4-14-27(29)28-15-5-7-17-30(28)31)35(40)37-26-13-9-12-24(20-26)10-8-11-25-18-19-32(42-2)33(21-25)43-3/h4-7,9,12-21,23,31,34,39H,8,10-11,22H2,1-3H3,(H,37,40)(H,38,41). The molecule has 8 nitrogen and oxygen atoms in total. The Balaban J connectivity index is 1.15. The summed E-state index contributed by atoms with van der Waals surface area (Å²) in [5.41, 5.74) is 7.22. The number of nitrogens with one attached hydrogen (secondary N) is 2. The van der Waals surface area contributed by atoms with Crippen LogP contribution >= 0.6 is 0 Å². The molecule has 44 heavy (non-hydrogen) atoms. The second kappa shape index (κ2) is 14.1. The third-order valence-corrected chi connectivity index (χ3v) is 7.96. The van der Waals surface area contributed by atoms with Crippen molar-refractivity contribution in [3.8, 4) is 22.6 Å². The fourth-order valence-electron chi connectivity index (χ4n) is 5.73. The van der Waals surface area contributed by atoms with Crippen LogP contribution in [0.2, 0.25) is 0 Å². The number of anilines is 1. The van der Waals surface area contributed by atoms with Crippen LogP contribution in [0.3, 0.4) is 0 Å². The van der Waals surface area contributed by atoms with Gasteiger partial charge in [-0.15, -0.1) is 0 Å². The topological polar surface area (TPSA) is 106 Å². The molecule has 4 aromatic rings. The number of aliphatic hydroxyl groups is 1. The van der Waals surface area contributed by atoms with Crippen LogP contribution in [0.1, 0.15) is 41.5 Å². The number of fused-ring (bicyclic) bond motifs is 3. The van der Waals surface area contributed by atoms with Gasteiger partial charge in [0.15, 0.2) is 11.5 Å². The first-order valence-electron chi connectivity index (χ1n) is 14.8. The Morgan fingerprint density at radius 2 is 1.43 bits per heavy atom. The number of ether oxygens (including phenoxy) is 3. The predicted octanol–water partition coefficient (Wildman–Crippen LogP) is 6.11. The molecule has 0 fully saturated rings. The molecular weight excluding hydrogens is 556 g/mol. The third kappa shape index (κ3) is 7.03. The fourth-order valence-corrected chi connectivity index (χ4v) is 5.73. The average Bonchev–Trinajstić information content (AvgIpc) is 3.36. The first-order valence-corrected chi connectivity index (χ1v) is 14.8. The third-order valence-electron chi connectivity index (χ3n) is 7.96. The van der Waals surface area contributed by atoms with Gasteiger partial charge >= 0.3 is 6.09 Å². The Kier molecular flexibility index (Phi) is 9.82. The SMILES string of the molecule is COc1ccc(CCCc2cccc(NC(=O)C(NC(=O)OCC3c4ccccc4-c4ccccc43)C(C)O)c2)cc1OC. The molecule has 5 rings (SSSR count). The van der Waals surface area contributed by atoms with Gasteiger partial charge in [0, 0.05) is 11.6 Å². The lowest BCUT2D eigenvalue weighted by molar-refractivity contribution is -0.120. The van der Waals surface area contributed by atoms with E-state index in [4.69, 9.17) is 14.2 Å². The summed E-state index contributed by atoms with van der Waals surface area (Å²) in [6.07, 6.45) is 0.644. The van der Waals surface area contributed by atoms with Crippen molar-refractivity contribution in [1.29, 1.82) is 0 Å². The molecule has 0 heterocycles. The van der Waals surface area contributed by atoms with E-state index in [0.29, 0.717) is 17.2 Å². The van der Waals surface area contributed by atoms with Crippen molar-refractivity contribution in [3.05, 3.63) is 113 Å². The minimum atomic E-state index is -1.20. The van der Waals surface area contributed by atoms with Crippen LogP contribution in [0.15, 0.2) is 91.0 Å². The van der Waals surface area contributed by atoms with Crippen LogP contribution in [0.25, 0.3) is 11.1 Å². The Morgan fingerprint density at radius 1 is 0.795 bits per heavy atom. The second-order valence-electron chi connectivity index (χ2n) is 10.9. The Labute approximate surface area is 258 Å². The zero-order valence-corrected chi connectivity index (χ0v) is 25.2. The van der Waals surface area contributed by atoms with Gasteiger partial charge in [0.1, 0.15) is 12.6 Å². The van der Waals surface area contributed by atoms with Crippen molar-refractivity contribution in [2.24, 2.45) is 0 Å². The smallest absolute Gasteiger partial charge is 0.407 e. The molecule has 0 spiro atoms. The summed E-state index contributed by atoms with van der Waals surface area (Å²) in [5.74, 6) is 0.759. The number of hydrogen-bond donors (Lipinski definition) is 3. The summed E-state index contributed by atoms with van der Waals surface area (Å²) in [7, 11) is 3.24. The molecule has 2 amide bonds. The minimum Gasteiger partial charge on any atom is -0.493 e. The predicted molar refractivity (Wildman–Crippen MR) is 170 cm³/mol. The maximum atomic E-state index is 13.1. The normalized spacial score (nSPS) is 13.3. The molecule has 0 saturated carbocycles. The van der Waals surface area contributed by atoms with E-state index in [1.165, 1.54) is 6.92 Å². The number of methoxy groups -OCH3 is 2. The van der Waals surface area contributed by atoms with Crippen LogP contribution in [0, 0.1) is 0 Å². The molecule has 0 aliphatic heterocycles. The molecule has 0 saturated heterocycles. The van der Waals surface area contributed by atoms with E-state index in [2.05, 4.69) is 22.8 Å². The number of amides is 2. The maximum absolute atomic E-state index is 13.1. The van der Waals surface area contributed by atoms with Gasteiger partial charge in [-0.2, -0.15) is 0 Å². The molecule has 4 aromatic carbocycles. The van der Waals surface area contributed by atoms with Gasteiger partial charge in [-0.05, 0) is 83.8 Å². The van der Waals surface area contributed by atoms with Crippen molar-refractivity contribution in [2.75, 3.05) is 26.1 Å². The number of rotatable bonds is 12. The van der Waals surface area contributed by atoms with E-state index >= 15 is 0 Å². The van der Waals surface area contributed by atoms with Crippen molar-refractivity contribution in [1.82, 2.24) is 5.32 Å². The fraction of sp³-hybridized carbons (Fsp3) is 0.278. The molecule has 3 N–H and O–H groups in total. The van der Waals surface area contributed by atoms with Crippen LogP contribution in [0.4, 0.5) is 10.5 Å². The molecule has 1 aliphatic rings. The first kappa shape index (κ1) is 30.6. The number of aryl methyl sites for hydroxylation is 2. The Hall–Kier alpha value is -4.82. The highest BCUT2D eigenvalue weighted by molar-refractivity contribution is 5.97. The molecule has 0 bridgehead atoms. The summed E-state index contributed by atoms with van der Waals surface area (Å²) < 4.78 is 16.3. The van der Waals surface area contributed by atoms with E-state index in [1.807, 2.05) is 72.8 Å². The van der Waals surface area contributed by atoms with Crippen LogP contribution in [-0.2, 0) is 22.4 Å². The van der Waals surface area contributed by atoms with Gasteiger partial charge in [-0.3, -0.25) is 4.79 Å². The summed E-state index contributed by atoms with van der Waals surface area (Å²) in [4.78, 5) is 26.0. The molecule has 0 radical (unpaired) electrons. The molecule has 1 aliphatic carbocycles. The van der Waals surface area contributed by atoms with E-state index in [1.54, 1.807) is 20.3 Å². The molecule has 8 heteroatoms. The van der Waals surface area contributed by atoms with Gasteiger partial charge in [0.05, 0.1) is 20.3 Å². The number of aliphatic hydroxyl groups excluding tert-OH is 1. The van der Waals surface area contributed by atoms with Crippen molar-refractivity contribution in [3.63, 3.8) is 0 Å². The lowest BCUT2D eigenvalue weighted by atomic mass is 9.98. The lowest BCUT2D eigenvalue weighted by Crippen LogP contribution is -2.50. The summed E-state index contributed by atoms with van der Waals surface area (Å²) in [6.45, 7) is 1.57. The van der Waals surface area contributed by atoms with Crippen molar-refractivity contribution in [2.45, 2.75) is 44.2 Å². The Morgan fingerprint density at radius 3 is 2.07 bits per heavy atom. The molecule has 0 aromatic heterocycles. The highest BCUT2D eigenvalue weighted by Crippen LogP contribution is 2.44. The van der Waals surface area contributed by atoms with Crippen LogP contribution < -0.4 is 20.1 Å². The summed E-state index contributed by atoms with van der Waals surface area (Å²) >= 11 is 0. The van der Waals surface area contributed by atoms with Crippen molar-refractivity contribution < 1.29 is 28.9 Å². The average molecular weight is 595 g/mol. The number of carbonyl (C=O) groups excluding carboxylic acids is 2. The van der Waals surface area contributed by atoms with E-state index in [9.17, 15) is 14.7 Å². The largest absolute Gasteiger partial charge is 0.493 e. The molecule has 228 valence electrons. The van der Waals surface area contributed by atoms with E-state index in [0.717, 1.165) is 52.6 Å². The van der Waals surface area contributed by atoms with Crippen LogP contribution in [-0.4, -0.2) is 50.1 Å². The second-order valence-corrected chi connectivity index (χ2v) is 10.9. The quantitative estimate of drug-likeness (QED) is 0.183. The zero-order chi connectivity index (χ0) is 31.1. The number of benzene rings is 4. The highest BCUT2D eigenvalue weighted by atomic mass is 16.5. The van der Waals surface area contributed by atoms with Gasteiger partial charge in [-0.1, -0.05) is 66.7 Å². The van der Waals surface area contributed by atoms with Crippen molar-refractivity contribution >= 4 is 17.7 Å². The summed E-state index contributed by atoms with van der Waals surface area (Å²) in [6, 6.07) is 28.4. The van der Waals surface area contributed by atoms with E-state index in [-0.39, 0.29) is 12.5 Å². The van der Waals surface area contributed by atoms with Gasteiger partial charge in [-0.25, -0.2) is 4.79 Å². The first-order chi connectivity index (χ1) is 21.4. The number of alkyl carbamates (subject to hydrolysis) is 1. The summed E-state index contributed by atoms with van der Waals surface area (Å²) in [5, 5.41) is 15.7. The van der Waals surface area contributed by atoms with E-state index < -0.39 is 24.1 Å². The molecule has 2 unspecified atom stereocenters. The Bertz CT molecular complexity index is 1570. The van der Waals surface area contributed by atoms with Gasteiger partial charge in [0.2, 0.25) is 5.91 Å². The van der Waals surface area contributed by atoms with Crippen LogP contribution in [0.5, 0.6) is 11.5 Å². The zero-order valence-electron chi connectivity index (χ0n) is 25.2. The van der Waals surface area contributed by atoms with Gasteiger partial charge < -0.3 is 30.0 Å². The lowest BCUT2D eigenvalue weighted by Gasteiger charge is -2.22. The number of carbonyl (C=O) groups is 2. The molecular formula is C36H38N2O6. The maximum Gasteiger partial charge on any atom is 0.407 e. The number of hydrogen-bond acceptors (Lipinski definition) is 6. The highest BCUT2D eigenvalue weighted by Gasteiger charge is 2.31. The monoisotopic (exact) mass is 594 g/mol.